The molecule has 2 aromatic heterocycles. The molecular formula is C12H13BrN2S. The third kappa shape index (κ3) is 2.70. The fraction of sp³-hybridized carbons (Fsp3) is 0.250. The second kappa shape index (κ2) is 5.57. The van der Waals surface area contributed by atoms with E-state index in [-0.39, 0.29) is 6.04 Å². The van der Waals surface area contributed by atoms with Crippen LogP contribution in [0.4, 0.5) is 0 Å². The molecule has 1 unspecified atom stereocenters. The minimum atomic E-state index is 0.245. The van der Waals surface area contributed by atoms with Crippen LogP contribution in [-0.4, -0.2) is 11.5 Å². The van der Waals surface area contributed by atoms with Crippen LogP contribution in [0.1, 0.15) is 23.4 Å². The lowest BCUT2D eigenvalue weighted by Gasteiger charge is -2.16. The summed E-state index contributed by atoms with van der Waals surface area (Å²) in [6.45, 7) is 3.06. The molecule has 0 radical (unpaired) electrons. The summed E-state index contributed by atoms with van der Waals surface area (Å²) in [6, 6.07) is 8.56. The molecule has 0 fully saturated rings. The first-order chi connectivity index (χ1) is 7.81. The molecule has 2 nitrogen and oxygen atoms in total. The number of pyridine rings is 1. The van der Waals surface area contributed by atoms with E-state index in [1.54, 1.807) is 17.5 Å². The Labute approximate surface area is 108 Å². The Morgan fingerprint density at radius 2 is 2.31 bits per heavy atom. The highest BCUT2D eigenvalue weighted by Crippen LogP contribution is 2.30. The van der Waals surface area contributed by atoms with Gasteiger partial charge in [0.2, 0.25) is 0 Å². The predicted octanol–water partition coefficient (Wildman–Crippen LogP) is 3.60. The minimum absolute atomic E-state index is 0.245. The van der Waals surface area contributed by atoms with Crippen LogP contribution in [0.5, 0.6) is 0 Å². The number of rotatable bonds is 4. The molecule has 1 atom stereocenters. The number of hydrogen-bond acceptors (Lipinski definition) is 3. The first-order valence-corrected chi connectivity index (χ1v) is 6.80. The summed E-state index contributed by atoms with van der Waals surface area (Å²) >= 11 is 5.26. The maximum Gasteiger partial charge on any atom is 0.0702 e. The molecule has 2 rings (SSSR count). The molecular weight excluding hydrogens is 284 g/mol. The average Bonchev–Trinajstić information content (AvgIpc) is 2.74. The summed E-state index contributed by atoms with van der Waals surface area (Å²) in [5, 5.41) is 3.48. The van der Waals surface area contributed by atoms with Crippen molar-refractivity contribution in [3.05, 3.63) is 50.9 Å². The first-order valence-electron chi connectivity index (χ1n) is 5.20. The minimum Gasteiger partial charge on any atom is -0.306 e. The molecule has 0 aliphatic rings. The lowest BCUT2D eigenvalue weighted by Crippen LogP contribution is -2.21. The van der Waals surface area contributed by atoms with Gasteiger partial charge in [-0.3, -0.25) is 4.98 Å². The van der Waals surface area contributed by atoms with Crippen molar-refractivity contribution >= 4 is 27.3 Å². The highest BCUT2D eigenvalue weighted by atomic mass is 79.9. The molecule has 0 aromatic carbocycles. The molecule has 0 aliphatic carbocycles. The summed E-state index contributed by atoms with van der Waals surface area (Å²) in [5.41, 5.74) is 1.21. The van der Waals surface area contributed by atoms with Crippen molar-refractivity contribution in [2.24, 2.45) is 0 Å². The molecule has 2 heterocycles. The summed E-state index contributed by atoms with van der Waals surface area (Å²) in [7, 11) is 0. The van der Waals surface area contributed by atoms with Gasteiger partial charge in [0, 0.05) is 17.3 Å². The molecule has 0 spiro atoms. The van der Waals surface area contributed by atoms with Gasteiger partial charge in [-0.1, -0.05) is 13.0 Å². The number of aromatic nitrogens is 1. The van der Waals surface area contributed by atoms with E-state index in [0.29, 0.717) is 0 Å². The quantitative estimate of drug-likeness (QED) is 0.932. The van der Waals surface area contributed by atoms with E-state index in [1.165, 1.54) is 10.4 Å². The monoisotopic (exact) mass is 296 g/mol. The Bertz CT molecular complexity index is 441. The Morgan fingerprint density at radius 1 is 1.44 bits per heavy atom. The Hall–Kier alpha value is -0.710. The summed E-state index contributed by atoms with van der Waals surface area (Å²) < 4.78 is 1.16. The first kappa shape index (κ1) is 11.8. The lowest BCUT2D eigenvalue weighted by atomic mass is 10.1. The molecule has 4 heteroatoms. The van der Waals surface area contributed by atoms with Crippen LogP contribution in [0, 0.1) is 0 Å². The molecule has 2 aromatic rings. The van der Waals surface area contributed by atoms with Crippen LogP contribution in [0.2, 0.25) is 0 Å². The normalized spacial score (nSPS) is 12.6. The Morgan fingerprint density at radius 3 is 2.88 bits per heavy atom. The molecule has 0 aliphatic heterocycles. The molecule has 0 bridgehead atoms. The van der Waals surface area contributed by atoms with Crippen molar-refractivity contribution in [3.63, 3.8) is 0 Å². The van der Waals surface area contributed by atoms with Gasteiger partial charge in [-0.05, 0) is 46.2 Å². The van der Waals surface area contributed by atoms with E-state index in [9.17, 15) is 0 Å². The number of thiophene rings is 1. The van der Waals surface area contributed by atoms with Gasteiger partial charge in [0.1, 0.15) is 0 Å². The number of halogens is 1. The largest absolute Gasteiger partial charge is 0.306 e. The lowest BCUT2D eigenvalue weighted by molar-refractivity contribution is 0.637. The predicted molar refractivity (Wildman–Crippen MR) is 71.8 cm³/mol. The second-order valence-electron chi connectivity index (χ2n) is 3.42. The van der Waals surface area contributed by atoms with Gasteiger partial charge in [-0.25, -0.2) is 0 Å². The van der Waals surface area contributed by atoms with Crippen LogP contribution in [0.3, 0.4) is 0 Å². The van der Waals surface area contributed by atoms with Crippen LogP contribution >= 0.6 is 27.3 Å². The average molecular weight is 297 g/mol. The number of hydrogen-bond donors (Lipinski definition) is 1. The van der Waals surface area contributed by atoms with E-state index >= 15 is 0 Å². The fourth-order valence-electron chi connectivity index (χ4n) is 1.62. The van der Waals surface area contributed by atoms with Gasteiger partial charge >= 0.3 is 0 Å². The van der Waals surface area contributed by atoms with Gasteiger partial charge in [-0.15, -0.1) is 11.3 Å². The van der Waals surface area contributed by atoms with E-state index < -0.39 is 0 Å². The van der Waals surface area contributed by atoms with Gasteiger partial charge in [0.05, 0.1) is 9.83 Å². The van der Waals surface area contributed by atoms with Gasteiger partial charge in [0.25, 0.3) is 0 Å². The van der Waals surface area contributed by atoms with Crippen molar-refractivity contribution < 1.29 is 0 Å². The molecule has 84 valence electrons. The molecule has 1 N–H and O–H groups in total. The standard InChI is InChI=1S/C12H13BrN2S/c1-2-15-12(9-4-3-7-14-8-9)10-5-6-11(13)16-10/h3-8,12,15H,2H2,1H3. The maximum absolute atomic E-state index is 4.17. The van der Waals surface area contributed by atoms with E-state index in [4.69, 9.17) is 0 Å². The second-order valence-corrected chi connectivity index (χ2v) is 5.91. The Kier molecular flexibility index (Phi) is 4.09. The number of nitrogens with zero attached hydrogens (tertiary/aromatic N) is 1. The molecule has 16 heavy (non-hydrogen) atoms. The highest BCUT2D eigenvalue weighted by molar-refractivity contribution is 9.11. The summed E-state index contributed by atoms with van der Waals surface area (Å²) in [4.78, 5) is 5.48. The maximum atomic E-state index is 4.17. The molecule has 0 saturated carbocycles. The Balaban J connectivity index is 2.31. The van der Waals surface area contributed by atoms with Gasteiger partial charge < -0.3 is 5.32 Å². The van der Waals surface area contributed by atoms with Crippen molar-refractivity contribution in [3.8, 4) is 0 Å². The zero-order chi connectivity index (χ0) is 11.4. The van der Waals surface area contributed by atoms with Crippen molar-refractivity contribution in [1.29, 1.82) is 0 Å². The van der Waals surface area contributed by atoms with Crippen molar-refractivity contribution in [2.75, 3.05) is 6.54 Å². The smallest absolute Gasteiger partial charge is 0.0702 e. The van der Waals surface area contributed by atoms with Crippen LogP contribution in [0.25, 0.3) is 0 Å². The van der Waals surface area contributed by atoms with Crippen molar-refractivity contribution in [1.82, 2.24) is 10.3 Å². The fourth-order valence-corrected chi connectivity index (χ4v) is 3.14. The van der Waals surface area contributed by atoms with Gasteiger partial charge in [0.15, 0.2) is 0 Å². The SMILES string of the molecule is CCNC(c1cccnc1)c1ccc(Br)s1. The van der Waals surface area contributed by atoms with Crippen LogP contribution < -0.4 is 5.32 Å². The van der Waals surface area contributed by atoms with E-state index in [0.717, 1.165) is 10.3 Å². The zero-order valence-electron chi connectivity index (χ0n) is 8.98. The third-order valence-corrected chi connectivity index (χ3v) is 3.99. The molecule has 0 amide bonds. The number of nitrogens with one attached hydrogen (secondary N) is 1. The van der Waals surface area contributed by atoms with Crippen molar-refractivity contribution in [2.45, 2.75) is 13.0 Å². The summed E-state index contributed by atoms with van der Waals surface area (Å²) in [5.74, 6) is 0. The van der Waals surface area contributed by atoms with E-state index in [2.05, 4.69) is 51.4 Å². The van der Waals surface area contributed by atoms with Crippen LogP contribution in [-0.2, 0) is 0 Å². The van der Waals surface area contributed by atoms with Gasteiger partial charge in [-0.2, -0.15) is 0 Å². The zero-order valence-corrected chi connectivity index (χ0v) is 11.4. The third-order valence-electron chi connectivity index (χ3n) is 2.30. The highest BCUT2D eigenvalue weighted by Gasteiger charge is 2.14. The summed E-state index contributed by atoms with van der Waals surface area (Å²) in [6.07, 6.45) is 3.72. The van der Waals surface area contributed by atoms with E-state index in [1.807, 2.05) is 12.3 Å². The topological polar surface area (TPSA) is 24.9 Å². The van der Waals surface area contributed by atoms with Crippen LogP contribution in [0.15, 0.2) is 40.4 Å². The molecule has 0 saturated heterocycles.